The van der Waals surface area contributed by atoms with E-state index in [9.17, 15) is 24.6 Å². The van der Waals surface area contributed by atoms with Crippen LogP contribution in [0.5, 0.6) is 5.75 Å². The number of carbonyl (C=O) groups excluding carboxylic acids is 1. The molecule has 0 spiro atoms. The van der Waals surface area contributed by atoms with Crippen LogP contribution in [0.25, 0.3) is 0 Å². The van der Waals surface area contributed by atoms with Gasteiger partial charge in [-0.2, -0.15) is 0 Å². The topological polar surface area (TPSA) is 128 Å². The van der Waals surface area contributed by atoms with E-state index in [1.54, 1.807) is 4.90 Å². The van der Waals surface area contributed by atoms with Crippen LogP contribution in [0.15, 0.2) is 41.3 Å². The molecule has 1 aromatic carbocycles. The van der Waals surface area contributed by atoms with Crippen molar-refractivity contribution in [3.05, 3.63) is 63.6 Å². The fraction of sp³-hybridized carbons (Fsp3) is 0.480. The lowest BCUT2D eigenvalue weighted by atomic mass is 9.99. The van der Waals surface area contributed by atoms with Gasteiger partial charge < -0.3 is 33.9 Å². The molecular weight excluding hydrogens is 456 g/mol. The maximum atomic E-state index is 13.5. The van der Waals surface area contributed by atoms with Gasteiger partial charge >= 0.3 is 5.97 Å². The number of rotatable bonds is 9. The first-order chi connectivity index (χ1) is 16.9. The minimum absolute atomic E-state index is 0.0607. The summed E-state index contributed by atoms with van der Waals surface area (Å²) >= 11 is 0. The summed E-state index contributed by atoms with van der Waals surface area (Å²) in [6, 6.07) is 9.24. The molecule has 1 amide bonds. The van der Waals surface area contributed by atoms with Gasteiger partial charge in [-0.1, -0.05) is 30.3 Å². The molecule has 1 unspecified atom stereocenters. The van der Waals surface area contributed by atoms with E-state index in [1.165, 1.54) is 17.9 Å². The molecule has 10 nitrogen and oxygen atoms in total. The summed E-state index contributed by atoms with van der Waals surface area (Å²) < 4.78 is 17.7. The Morgan fingerprint density at radius 1 is 1.20 bits per heavy atom. The summed E-state index contributed by atoms with van der Waals surface area (Å²) in [4.78, 5) is 40.2. The van der Waals surface area contributed by atoms with Crippen molar-refractivity contribution in [2.75, 3.05) is 40.0 Å². The first-order valence-corrected chi connectivity index (χ1v) is 11.7. The molecule has 2 aromatic rings. The SMILES string of the molecule is COCCN1C[C@H](Cc2ccccc2)n2cc(C(=O)O)c(=O)c(OC(O)C3CCOCC3)c2C1=O. The summed E-state index contributed by atoms with van der Waals surface area (Å²) in [6.07, 6.45) is 1.37. The lowest BCUT2D eigenvalue weighted by Gasteiger charge is -2.37. The Labute approximate surface area is 202 Å². The highest BCUT2D eigenvalue weighted by Gasteiger charge is 2.37. The maximum absolute atomic E-state index is 13.5. The molecule has 2 aliphatic rings. The summed E-state index contributed by atoms with van der Waals surface area (Å²) in [5.41, 5.74) is -0.520. The standard InChI is InChI=1S/C25H30N2O8/c1-33-12-9-26-14-18(13-16-5-3-2-4-6-16)27-15-19(24(30)31)21(28)22(20(27)23(26)29)35-25(32)17-7-10-34-11-8-17/h2-6,15,17-18,25,32H,7-14H2,1H3,(H,30,31)/t18-,25?/m0/s1. The summed E-state index contributed by atoms with van der Waals surface area (Å²) in [7, 11) is 1.53. The van der Waals surface area contributed by atoms with Crippen LogP contribution in [-0.2, 0) is 15.9 Å². The number of aliphatic hydroxyl groups is 1. The molecule has 1 fully saturated rings. The number of pyridine rings is 1. The number of aromatic nitrogens is 1. The minimum atomic E-state index is -1.43. The molecule has 0 radical (unpaired) electrons. The van der Waals surface area contributed by atoms with Crippen molar-refractivity contribution in [1.82, 2.24) is 9.47 Å². The Balaban J connectivity index is 1.81. The van der Waals surface area contributed by atoms with Crippen LogP contribution in [0.3, 0.4) is 0 Å². The highest BCUT2D eigenvalue weighted by Crippen LogP contribution is 2.31. The number of carboxylic acids is 1. The van der Waals surface area contributed by atoms with E-state index in [0.717, 1.165) is 5.56 Å². The van der Waals surface area contributed by atoms with Crippen molar-refractivity contribution in [3.63, 3.8) is 0 Å². The average Bonchev–Trinajstić information content (AvgIpc) is 2.87. The highest BCUT2D eigenvalue weighted by molar-refractivity contribution is 5.97. The van der Waals surface area contributed by atoms with Crippen LogP contribution in [0.4, 0.5) is 0 Å². The summed E-state index contributed by atoms with van der Waals surface area (Å²) in [5, 5.41) is 20.5. The van der Waals surface area contributed by atoms with Crippen molar-refractivity contribution < 1.29 is 34.0 Å². The van der Waals surface area contributed by atoms with Crippen LogP contribution in [0.2, 0.25) is 0 Å². The Morgan fingerprint density at radius 3 is 2.57 bits per heavy atom. The van der Waals surface area contributed by atoms with Crippen molar-refractivity contribution >= 4 is 11.9 Å². The summed E-state index contributed by atoms with van der Waals surface area (Å²) in [6.45, 7) is 1.77. The molecular formula is C25H30N2O8. The molecule has 2 N–H and O–H groups in total. The first kappa shape index (κ1) is 24.9. The molecule has 35 heavy (non-hydrogen) atoms. The van der Waals surface area contributed by atoms with E-state index in [0.29, 0.717) is 45.6 Å². The molecule has 2 atom stereocenters. The number of benzene rings is 1. The van der Waals surface area contributed by atoms with E-state index in [1.807, 2.05) is 30.3 Å². The third-order valence-electron chi connectivity index (χ3n) is 6.52. The van der Waals surface area contributed by atoms with Gasteiger partial charge in [0.05, 0.1) is 12.6 Å². The number of fused-ring (bicyclic) bond motifs is 1. The number of amides is 1. The zero-order valence-corrected chi connectivity index (χ0v) is 19.6. The number of carboxylic acid groups (broad SMARTS) is 1. The van der Waals surface area contributed by atoms with Gasteiger partial charge in [0.1, 0.15) is 5.56 Å². The number of aliphatic hydroxyl groups excluding tert-OH is 1. The van der Waals surface area contributed by atoms with Crippen LogP contribution < -0.4 is 10.2 Å². The highest BCUT2D eigenvalue weighted by atomic mass is 16.6. The van der Waals surface area contributed by atoms with E-state index in [-0.39, 0.29) is 24.2 Å². The molecule has 0 bridgehead atoms. The van der Waals surface area contributed by atoms with Crippen LogP contribution >= 0.6 is 0 Å². The Kier molecular flexibility index (Phi) is 7.84. The van der Waals surface area contributed by atoms with Crippen molar-refractivity contribution in [2.45, 2.75) is 31.6 Å². The molecule has 3 heterocycles. The van der Waals surface area contributed by atoms with Gasteiger partial charge in [0.2, 0.25) is 11.7 Å². The van der Waals surface area contributed by atoms with Crippen LogP contribution in [0, 0.1) is 5.92 Å². The van der Waals surface area contributed by atoms with Crippen LogP contribution in [0.1, 0.15) is 45.3 Å². The Bertz CT molecular complexity index is 1110. The van der Waals surface area contributed by atoms with E-state index >= 15 is 0 Å². The zero-order valence-electron chi connectivity index (χ0n) is 19.6. The molecule has 10 heteroatoms. The Hall–Kier alpha value is -3.21. The van der Waals surface area contributed by atoms with E-state index in [4.69, 9.17) is 14.2 Å². The predicted molar refractivity (Wildman–Crippen MR) is 125 cm³/mol. The number of methoxy groups -OCH3 is 1. The maximum Gasteiger partial charge on any atom is 0.341 e. The zero-order chi connectivity index (χ0) is 24.9. The molecule has 0 aliphatic carbocycles. The largest absolute Gasteiger partial charge is 0.477 e. The van der Waals surface area contributed by atoms with Gasteiger partial charge in [-0.3, -0.25) is 9.59 Å². The van der Waals surface area contributed by atoms with Crippen molar-refractivity contribution in [1.29, 1.82) is 0 Å². The number of carbonyl (C=O) groups is 2. The Morgan fingerprint density at radius 2 is 1.91 bits per heavy atom. The number of aromatic carboxylic acids is 1. The molecule has 1 saturated heterocycles. The monoisotopic (exact) mass is 486 g/mol. The lowest BCUT2D eigenvalue weighted by Crippen LogP contribution is -2.47. The van der Waals surface area contributed by atoms with Gasteiger partial charge in [0, 0.05) is 45.5 Å². The van der Waals surface area contributed by atoms with E-state index < -0.39 is 34.9 Å². The van der Waals surface area contributed by atoms with Gasteiger partial charge in [0.25, 0.3) is 5.91 Å². The smallest absolute Gasteiger partial charge is 0.341 e. The normalized spacial score (nSPS) is 19.3. The number of ether oxygens (including phenoxy) is 3. The average molecular weight is 487 g/mol. The second-order valence-electron chi connectivity index (χ2n) is 8.81. The van der Waals surface area contributed by atoms with Crippen LogP contribution in [-0.4, -0.2) is 77.9 Å². The second-order valence-corrected chi connectivity index (χ2v) is 8.81. The molecule has 1 aromatic heterocycles. The fourth-order valence-electron chi connectivity index (χ4n) is 4.60. The second kappa shape index (κ2) is 11.0. The minimum Gasteiger partial charge on any atom is -0.477 e. The third-order valence-corrected chi connectivity index (χ3v) is 6.52. The van der Waals surface area contributed by atoms with Gasteiger partial charge in [-0.25, -0.2) is 4.79 Å². The van der Waals surface area contributed by atoms with Crippen molar-refractivity contribution in [3.8, 4) is 5.75 Å². The van der Waals surface area contributed by atoms with Gasteiger partial charge in [-0.05, 0) is 24.8 Å². The van der Waals surface area contributed by atoms with Crippen molar-refractivity contribution in [2.24, 2.45) is 5.92 Å². The number of hydrogen-bond donors (Lipinski definition) is 2. The lowest BCUT2D eigenvalue weighted by molar-refractivity contribution is -0.0946. The fourth-order valence-corrected chi connectivity index (χ4v) is 4.60. The number of hydrogen-bond acceptors (Lipinski definition) is 7. The first-order valence-electron chi connectivity index (χ1n) is 11.7. The molecule has 0 saturated carbocycles. The number of nitrogens with zero attached hydrogens (tertiary/aromatic N) is 2. The summed E-state index contributed by atoms with van der Waals surface area (Å²) in [5.74, 6) is -2.65. The quantitative estimate of drug-likeness (QED) is 0.511. The third kappa shape index (κ3) is 5.39. The molecule has 188 valence electrons. The molecule has 4 rings (SSSR count). The van der Waals surface area contributed by atoms with Gasteiger partial charge in [0.15, 0.2) is 11.4 Å². The van der Waals surface area contributed by atoms with E-state index in [2.05, 4.69) is 0 Å². The predicted octanol–water partition coefficient (Wildman–Crippen LogP) is 1.56. The molecule has 2 aliphatic heterocycles. The van der Waals surface area contributed by atoms with Gasteiger partial charge in [-0.15, -0.1) is 0 Å².